The summed E-state index contributed by atoms with van der Waals surface area (Å²) in [6.07, 6.45) is 0. The van der Waals surface area contributed by atoms with Crippen LogP contribution in [0.2, 0.25) is 0 Å². The van der Waals surface area contributed by atoms with E-state index in [1.54, 1.807) is 0 Å². The van der Waals surface area contributed by atoms with Crippen LogP contribution in [0.5, 0.6) is 0 Å². The Balaban J connectivity index is 3.07. The van der Waals surface area contributed by atoms with Gasteiger partial charge >= 0.3 is 0 Å². The van der Waals surface area contributed by atoms with Crippen LogP contribution in [0, 0.1) is 12.8 Å². The first-order chi connectivity index (χ1) is 9.04. The summed E-state index contributed by atoms with van der Waals surface area (Å²) in [5, 5.41) is 4.52. The number of aromatic nitrogens is 2. The van der Waals surface area contributed by atoms with Crippen LogP contribution < -0.4 is 0 Å². The first-order valence-electron chi connectivity index (χ1n) is 7.42. The van der Waals surface area contributed by atoms with Crippen molar-refractivity contribution in [1.29, 1.82) is 0 Å². The number of hydrogen-bond acceptors (Lipinski definition) is 2. The van der Waals surface area contributed by atoms with Crippen molar-refractivity contribution in [1.82, 2.24) is 14.7 Å². The second-order valence-electron chi connectivity index (χ2n) is 7.20. The van der Waals surface area contributed by atoms with Crippen LogP contribution in [0.3, 0.4) is 0 Å². The molecule has 1 aromatic rings. The summed E-state index contributed by atoms with van der Waals surface area (Å²) < 4.78 is 1.92. The highest BCUT2D eigenvalue weighted by atomic mass is 16.2. The Bertz CT molecular complexity index is 467. The molecular formula is C16H29N3O. The fraction of sp³-hybridized carbons (Fsp3) is 0.750. The molecule has 1 rings (SSSR count). The number of aryl methyl sites for hydroxylation is 1. The van der Waals surface area contributed by atoms with E-state index < -0.39 is 0 Å². The molecule has 0 spiro atoms. The number of rotatable bonds is 4. The minimum Gasteiger partial charge on any atom is -0.335 e. The van der Waals surface area contributed by atoms with E-state index in [1.165, 1.54) is 0 Å². The average Bonchev–Trinajstić information content (AvgIpc) is 2.66. The first-order valence-corrected chi connectivity index (χ1v) is 7.42. The van der Waals surface area contributed by atoms with Gasteiger partial charge in [-0.25, -0.2) is 0 Å². The van der Waals surface area contributed by atoms with E-state index in [1.807, 2.05) is 36.4 Å². The number of hydrogen-bond donors (Lipinski definition) is 0. The fourth-order valence-electron chi connectivity index (χ4n) is 2.33. The van der Waals surface area contributed by atoms with Gasteiger partial charge in [0, 0.05) is 18.3 Å². The van der Waals surface area contributed by atoms with Crippen molar-refractivity contribution in [2.75, 3.05) is 6.54 Å². The molecule has 0 aliphatic rings. The smallest absolute Gasteiger partial charge is 0.274 e. The lowest BCUT2D eigenvalue weighted by molar-refractivity contribution is 0.0674. The topological polar surface area (TPSA) is 38.1 Å². The molecule has 4 nitrogen and oxygen atoms in total. The maximum absolute atomic E-state index is 12.7. The van der Waals surface area contributed by atoms with Gasteiger partial charge in [-0.2, -0.15) is 5.10 Å². The SMILES string of the molecule is Cc1cc(C(=O)N(CC(C)C)C(C)C)nn1C(C)(C)C. The number of nitrogens with zero attached hydrogens (tertiary/aromatic N) is 3. The number of carbonyl (C=O) groups is 1. The predicted molar refractivity (Wildman–Crippen MR) is 83.0 cm³/mol. The highest BCUT2D eigenvalue weighted by molar-refractivity contribution is 5.92. The Labute approximate surface area is 123 Å². The van der Waals surface area contributed by atoms with E-state index in [0.717, 1.165) is 12.2 Å². The minimum absolute atomic E-state index is 0.0276. The Morgan fingerprint density at radius 2 is 1.85 bits per heavy atom. The molecule has 0 aromatic carbocycles. The van der Waals surface area contributed by atoms with Gasteiger partial charge in [-0.05, 0) is 53.5 Å². The third kappa shape index (κ3) is 3.84. The second-order valence-corrected chi connectivity index (χ2v) is 7.20. The van der Waals surface area contributed by atoms with Crippen molar-refractivity contribution in [3.05, 3.63) is 17.5 Å². The van der Waals surface area contributed by atoms with Gasteiger partial charge in [0.2, 0.25) is 0 Å². The molecule has 0 aliphatic carbocycles. The van der Waals surface area contributed by atoms with Gasteiger partial charge in [0.1, 0.15) is 0 Å². The standard InChI is InChI=1S/C16H29N3O/c1-11(2)10-18(12(3)4)15(20)14-9-13(5)19(17-14)16(6,7)8/h9,11-12H,10H2,1-8H3. The normalized spacial score (nSPS) is 12.3. The lowest BCUT2D eigenvalue weighted by Gasteiger charge is -2.28. The van der Waals surface area contributed by atoms with E-state index in [0.29, 0.717) is 11.6 Å². The van der Waals surface area contributed by atoms with Gasteiger partial charge in [-0.1, -0.05) is 13.8 Å². The van der Waals surface area contributed by atoms with Crippen LogP contribution >= 0.6 is 0 Å². The monoisotopic (exact) mass is 279 g/mol. The molecule has 1 amide bonds. The highest BCUT2D eigenvalue weighted by Crippen LogP contribution is 2.18. The summed E-state index contributed by atoms with van der Waals surface area (Å²) in [6.45, 7) is 17.4. The van der Waals surface area contributed by atoms with E-state index in [9.17, 15) is 4.79 Å². The van der Waals surface area contributed by atoms with Gasteiger partial charge in [0.25, 0.3) is 5.91 Å². The van der Waals surface area contributed by atoms with Gasteiger partial charge in [-0.15, -0.1) is 0 Å². The molecule has 114 valence electrons. The van der Waals surface area contributed by atoms with Gasteiger partial charge in [0.05, 0.1) is 5.54 Å². The molecular weight excluding hydrogens is 250 g/mol. The first kappa shape index (κ1) is 16.7. The molecule has 0 N–H and O–H groups in total. The Kier molecular flexibility index (Phi) is 5.00. The second kappa shape index (κ2) is 5.98. The van der Waals surface area contributed by atoms with Crippen molar-refractivity contribution in [2.45, 2.75) is 67.0 Å². The van der Waals surface area contributed by atoms with Crippen LogP contribution in [-0.2, 0) is 5.54 Å². The third-order valence-corrected chi connectivity index (χ3v) is 3.19. The van der Waals surface area contributed by atoms with Crippen molar-refractivity contribution in [2.24, 2.45) is 5.92 Å². The molecule has 0 saturated heterocycles. The zero-order valence-electron chi connectivity index (χ0n) is 14.2. The predicted octanol–water partition coefficient (Wildman–Crippen LogP) is 3.45. The summed E-state index contributed by atoms with van der Waals surface area (Å²) in [5.74, 6) is 0.479. The van der Waals surface area contributed by atoms with Crippen LogP contribution in [0.1, 0.15) is 64.6 Å². The van der Waals surface area contributed by atoms with Crippen molar-refractivity contribution in [3.8, 4) is 0 Å². The lowest BCUT2D eigenvalue weighted by atomic mass is 10.1. The molecule has 1 aromatic heterocycles. The Hall–Kier alpha value is -1.32. The maximum Gasteiger partial charge on any atom is 0.274 e. The zero-order chi connectivity index (χ0) is 15.7. The third-order valence-electron chi connectivity index (χ3n) is 3.19. The van der Waals surface area contributed by atoms with Crippen molar-refractivity contribution in [3.63, 3.8) is 0 Å². The van der Waals surface area contributed by atoms with E-state index in [4.69, 9.17) is 0 Å². The molecule has 0 aliphatic heterocycles. The molecule has 0 atom stereocenters. The molecule has 0 fully saturated rings. The molecule has 4 heteroatoms. The van der Waals surface area contributed by atoms with Crippen LogP contribution in [0.4, 0.5) is 0 Å². The summed E-state index contributed by atoms with van der Waals surface area (Å²) in [7, 11) is 0. The number of carbonyl (C=O) groups excluding carboxylic acids is 1. The molecule has 20 heavy (non-hydrogen) atoms. The van der Waals surface area contributed by atoms with E-state index >= 15 is 0 Å². The van der Waals surface area contributed by atoms with Gasteiger partial charge < -0.3 is 4.90 Å². The molecule has 0 saturated carbocycles. The Morgan fingerprint density at radius 3 is 2.20 bits per heavy atom. The van der Waals surface area contributed by atoms with Gasteiger partial charge in [-0.3, -0.25) is 9.48 Å². The fourth-order valence-corrected chi connectivity index (χ4v) is 2.33. The highest BCUT2D eigenvalue weighted by Gasteiger charge is 2.25. The molecule has 1 heterocycles. The zero-order valence-corrected chi connectivity index (χ0v) is 14.2. The van der Waals surface area contributed by atoms with E-state index in [-0.39, 0.29) is 17.5 Å². The van der Waals surface area contributed by atoms with Gasteiger partial charge in [0.15, 0.2) is 5.69 Å². The number of amides is 1. The van der Waals surface area contributed by atoms with Crippen LogP contribution in [0.15, 0.2) is 6.07 Å². The maximum atomic E-state index is 12.7. The van der Waals surface area contributed by atoms with Crippen LogP contribution in [-0.4, -0.2) is 33.2 Å². The summed E-state index contributed by atoms with van der Waals surface area (Å²) >= 11 is 0. The van der Waals surface area contributed by atoms with E-state index in [2.05, 4.69) is 39.7 Å². The Morgan fingerprint density at radius 1 is 1.30 bits per heavy atom. The average molecular weight is 279 g/mol. The van der Waals surface area contributed by atoms with Crippen molar-refractivity contribution >= 4 is 5.91 Å². The summed E-state index contributed by atoms with van der Waals surface area (Å²) in [6, 6.07) is 2.08. The lowest BCUT2D eigenvalue weighted by Crippen LogP contribution is -2.40. The summed E-state index contributed by atoms with van der Waals surface area (Å²) in [4.78, 5) is 14.6. The molecule has 0 bridgehead atoms. The van der Waals surface area contributed by atoms with Crippen LogP contribution in [0.25, 0.3) is 0 Å². The molecule has 0 unspecified atom stereocenters. The quantitative estimate of drug-likeness (QED) is 0.846. The van der Waals surface area contributed by atoms with Crippen molar-refractivity contribution < 1.29 is 4.79 Å². The minimum atomic E-state index is -0.108. The largest absolute Gasteiger partial charge is 0.335 e. The summed E-state index contributed by atoms with van der Waals surface area (Å²) in [5.41, 5.74) is 1.46. The molecule has 0 radical (unpaired) electrons.